The zero-order valence-corrected chi connectivity index (χ0v) is 12.7. The molecule has 1 aromatic rings. The molecule has 0 spiro atoms. The van der Waals surface area contributed by atoms with Crippen LogP contribution in [-0.2, 0) is 10.1 Å². The zero-order chi connectivity index (χ0) is 15.6. The number of halogens is 1. The van der Waals surface area contributed by atoms with Gasteiger partial charge in [0.1, 0.15) is 5.75 Å². The molecule has 1 N–H and O–H groups in total. The summed E-state index contributed by atoms with van der Waals surface area (Å²) in [6.45, 7) is -0.232. The van der Waals surface area contributed by atoms with Gasteiger partial charge in [0.25, 0.3) is 10.1 Å². The van der Waals surface area contributed by atoms with Gasteiger partial charge in [-0.2, -0.15) is 8.42 Å². The summed E-state index contributed by atoms with van der Waals surface area (Å²) in [5.41, 5.74) is 0. The first kappa shape index (κ1) is 17.7. The molecule has 0 atom stereocenters. The van der Waals surface area contributed by atoms with Crippen LogP contribution in [0.25, 0.3) is 0 Å². The van der Waals surface area contributed by atoms with E-state index in [0.717, 1.165) is 32.1 Å². The van der Waals surface area contributed by atoms with Crippen molar-refractivity contribution < 1.29 is 22.1 Å². The monoisotopic (exact) mass is 316 g/mol. The summed E-state index contributed by atoms with van der Waals surface area (Å²) in [6, 6.07) is 5.52. The quantitative estimate of drug-likeness (QED) is 0.400. The minimum Gasteiger partial charge on any atom is -0.465 e. The van der Waals surface area contributed by atoms with Crippen LogP contribution in [0.2, 0.25) is 0 Å². The molecule has 0 bridgehead atoms. The van der Waals surface area contributed by atoms with Crippen LogP contribution < -0.4 is 4.74 Å². The van der Waals surface area contributed by atoms with Crippen LogP contribution in [0.5, 0.6) is 5.75 Å². The molecule has 0 saturated heterocycles. The molecule has 0 heterocycles. The van der Waals surface area contributed by atoms with Gasteiger partial charge in [0, 0.05) is 0 Å². The van der Waals surface area contributed by atoms with E-state index in [0.29, 0.717) is 12.2 Å². The number of allylic oxidation sites excluding steroid dienone is 1. The highest BCUT2D eigenvalue weighted by Crippen LogP contribution is 2.16. The summed E-state index contributed by atoms with van der Waals surface area (Å²) in [4.78, 5) is -0.160. The zero-order valence-electron chi connectivity index (χ0n) is 11.9. The minimum absolute atomic E-state index is 0.160. The van der Waals surface area contributed by atoms with Crippen molar-refractivity contribution in [3.63, 3.8) is 0 Å². The third-order valence-corrected chi connectivity index (χ3v) is 3.79. The molecule has 1 aromatic carbocycles. The molecule has 0 aliphatic carbocycles. The lowest BCUT2D eigenvalue weighted by Crippen LogP contribution is -1.97. The molecule has 118 valence electrons. The maximum absolute atomic E-state index is 11.8. The van der Waals surface area contributed by atoms with E-state index in [2.05, 4.69) is 0 Å². The smallest absolute Gasteiger partial charge is 0.294 e. The van der Waals surface area contributed by atoms with Crippen molar-refractivity contribution in [1.29, 1.82) is 0 Å². The molecule has 0 aromatic heterocycles. The topological polar surface area (TPSA) is 63.6 Å². The second-order valence-electron chi connectivity index (χ2n) is 4.68. The molecular weight excluding hydrogens is 295 g/mol. The molecule has 0 aliphatic rings. The van der Waals surface area contributed by atoms with Gasteiger partial charge in [0.2, 0.25) is 0 Å². The van der Waals surface area contributed by atoms with Gasteiger partial charge in [-0.05, 0) is 49.6 Å². The largest absolute Gasteiger partial charge is 0.465 e. The average molecular weight is 316 g/mol. The van der Waals surface area contributed by atoms with E-state index in [1.165, 1.54) is 24.3 Å². The molecule has 0 saturated carbocycles. The van der Waals surface area contributed by atoms with Crippen molar-refractivity contribution in [1.82, 2.24) is 0 Å². The number of rotatable bonds is 10. The molecule has 4 nitrogen and oxygen atoms in total. The Morgan fingerprint density at radius 3 is 2.29 bits per heavy atom. The maximum Gasteiger partial charge on any atom is 0.294 e. The number of hydrogen-bond donors (Lipinski definition) is 1. The second-order valence-corrected chi connectivity index (χ2v) is 6.10. The van der Waals surface area contributed by atoms with Crippen molar-refractivity contribution in [2.75, 3.05) is 6.67 Å². The summed E-state index contributed by atoms with van der Waals surface area (Å²) < 4.78 is 47.7. The van der Waals surface area contributed by atoms with Crippen LogP contribution in [0.15, 0.2) is 41.5 Å². The Morgan fingerprint density at radius 2 is 1.67 bits per heavy atom. The highest BCUT2D eigenvalue weighted by molar-refractivity contribution is 7.85. The lowest BCUT2D eigenvalue weighted by atomic mass is 10.1. The summed E-state index contributed by atoms with van der Waals surface area (Å²) in [6.07, 6.45) is 9.10. The first-order valence-electron chi connectivity index (χ1n) is 6.99. The van der Waals surface area contributed by atoms with Gasteiger partial charge in [-0.3, -0.25) is 8.94 Å². The lowest BCUT2D eigenvalue weighted by Gasteiger charge is -2.01. The Kier molecular flexibility index (Phi) is 8.00. The fourth-order valence-corrected chi connectivity index (χ4v) is 2.25. The average Bonchev–Trinajstić information content (AvgIpc) is 2.45. The van der Waals surface area contributed by atoms with Crippen LogP contribution in [-0.4, -0.2) is 19.6 Å². The first-order chi connectivity index (χ1) is 10.0. The van der Waals surface area contributed by atoms with Crippen LogP contribution >= 0.6 is 0 Å². The normalized spacial score (nSPS) is 11.9. The Balaban J connectivity index is 2.21. The SMILES string of the molecule is O=S(=O)(O)c1ccc(OC=CCCCCCCCF)cc1. The number of benzene rings is 1. The van der Waals surface area contributed by atoms with Gasteiger partial charge in [-0.1, -0.05) is 19.3 Å². The highest BCUT2D eigenvalue weighted by Gasteiger charge is 2.08. The van der Waals surface area contributed by atoms with Crippen LogP contribution in [0.3, 0.4) is 0 Å². The fraction of sp³-hybridized carbons (Fsp3) is 0.467. The Labute approximate surface area is 125 Å². The van der Waals surface area contributed by atoms with Crippen molar-refractivity contribution in [2.24, 2.45) is 0 Å². The van der Waals surface area contributed by atoms with Crippen LogP contribution in [0, 0.1) is 0 Å². The molecule has 1 rings (SSSR count). The molecule has 21 heavy (non-hydrogen) atoms. The molecule has 6 heteroatoms. The van der Waals surface area contributed by atoms with E-state index in [1.54, 1.807) is 6.26 Å². The number of ether oxygens (including phenoxy) is 1. The van der Waals surface area contributed by atoms with E-state index in [9.17, 15) is 12.8 Å². The third-order valence-electron chi connectivity index (χ3n) is 2.93. The maximum atomic E-state index is 11.8. The van der Waals surface area contributed by atoms with Crippen molar-refractivity contribution in [3.8, 4) is 5.75 Å². The molecule has 0 amide bonds. The highest BCUT2D eigenvalue weighted by atomic mass is 32.2. The standard InChI is InChI=1S/C15H21FO4S/c16-12-6-4-2-1-3-5-7-13-20-14-8-10-15(11-9-14)21(17,18)19/h7-11,13H,1-6,12H2,(H,17,18,19). The van der Waals surface area contributed by atoms with Gasteiger partial charge >= 0.3 is 0 Å². The van der Waals surface area contributed by atoms with Crippen molar-refractivity contribution in [3.05, 3.63) is 36.6 Å². The van der Waals surface area contributed by atoms with Gasteiger partial charge in [-0.15, -0.1) is 0 Å². The van der Waals surface area contributed by atoms with E-state index in [-0.39, 0.29) is 11.6 Å². The molecule has 0 radical (unpaired) electrons. The summed E-state index contributed by atoms with van der Waals surface area (Å²) in [5.74, 6) is 0.501. The van der Waals surface area contributed by atoms with Gasteiger partial charge < -0.3 is 4.74 Å². The number of unbranched alkanes of at least 4 members (excludes halogenated alkanes) is 5. The van der Waals surface area contributed by atoms with Crippen molar-refractivity contribution >= 4 is 10.1 Å². The summed E-state index contributed by atoms with van der Waals surface area (Å²) >= 11 is 0. The summed E-state index contributed by atoms with van der Waals surface area (Å²) in [5, 5.41) is 0. The molecule has 0 unspecified atom stereocenters. The third kappa shape index (κ3) is 7.82. The van der Waals surface area contributed by atoms with E-state index < -0.39 is 10.1 Å². The van der Waals surface area contributed by atoms with Gasteiger partial charge in [0.15, 0.2) is 0 Å². The van der Waals surface area contributed by atoms with E-state index in [4.69, 9.17) is 9.29 Å². The van der Waals surface area contributed by atoms with Crippen molar-refractivity contribution in [2.45, 2.75) is 43.4 Å². The Morgan fingerprint density at radius 1 is 1.05 bits per heavy atom. The number of hydrogen-bond acceptors (Lipinski definition) is 3. The van der Waals surface area contributed by atoms with Crippen LogP contribution in [0.1, 0.15) is 38.5 Å². The fourth-order valence-electron chi connectivity index (χ4n) is 1.77. The predicted molar refractivity (Wildman–Crippen MR) is 79.7 cm³/mol. The Bertz CT molecular complexity index is 523. The van der Waals surface area contributed by atoms with E-state index in [1.807, 2.05) is 6.08 Å². The molecule has 0 aliphatic heterocycles. The van der Waals surface area contributed by atoms with E-state index >= 15 is 0 Å². The molecule has 0 fully saturated rings. The second kappa shape index (κ2) is 9.52. The first-order valence-corrected chi connectivity index (χ1v) is 8.43. The van der Waals surface area contributed by atoms with Gasteiger partial charge in [0.05, 0.1) is 17.8 Å². The predicted octanol–water partition coefficient (Wildman–Crippen LogP) is 4.14. The number of alkyl halides is 1. The van der Waals surface area contributed by atoms with Crippen LogP contribution in [0.4, 0.5) is 4.39 Å². The Hall–Kier alpha value is -1.40. The van der Waals surface area contributed by atoms with Gasteiger partial charge in [-0.25, -0.2) is 0 Å². The molecular formula is C15H21FO4S. The summed E-state index contributed by atoms with van der Waals surface area (Å²) in [7, 11) is -4.16. The minimum atomic E-state index is -4.16. The lowest BCUT2D eigenvalue weighted by molar-refractivity contribution is 0.451.